The van der Waals surface area contributed by atoms with Crippen LogP contribution in [0.5, 0.6) is 11.5 Å². The zero-order valence-electron chi connectivity index (χ0n) is 14.2. The van der Waals surface area contributed by atoms with Crippen LogP contribution in [0.2, 0.25) is 0 Å². The Morgan fingerprint density at radius 1 is 1.20 bits per heavy atom. The van der Waals surface area contributed by atoms with Gasteiger partial charge in [0.1, 0.15) is 5.82 Å². The SMILES string of the molecule is COc1ccc(CCNCC(O)c2cc(F)c(N)c(I)c2)cc1OC. The zero-order chi connectivity index (χ0) is 18.4. The summed E-state index contributed by atoms with van der Waals surface area (Å²) in [5.74, 6) is 0.868. The Balaban J connectivity index is 1.87. The summed E-state index contributed by atoms with van der Waals surface area (Å²) in [4.78, 5) is 0. The van der Waals surface area contributed by atoms with E-state index < -0.39 is 11.9 Å². The van der Waals surface area contributed by atoms with Crippen LogP contribution in [0.4, 0.5) is 10.1 Å². The smallest absolute Gasteiger partial charge is 0.160 e. The van der Waals surface area contributed by atoms with Gasteiger partial charge in [0.15, 0.2) is 11.5 Å². The number of aliphatic hydroxyl groups is 1. The van der Waals surface area contributed by atoms with Gasteiger partial charge in [-0.1, -0.05) is 6.07 Å². The Morgan fingerprint density at radius 2 is 1.92 bits per heavy atom. The van der Waals surface area contributed by atoms with E-state index in [1.54, 1.807) is 20.3 Å². The predicted molar refractivity (Wildman–Crippen MR) is 105 cm³/mol. The summed E-state index contributed by atoms with van der Waals surface area (Å²) in [7, 11) is 3.20. The Morgan fingerprint density at radius 3 is 2.56 bits per heavy atom. The molecule has 0 aliphatic heterocycles. The summed E-state index contributed by atoms with van der Waals surface area (Å²) >= 11 is 1.96. The number of anilines is 1. The van der Waals surface area contributed by atoms with Gasteiger partial charge >= 0.3 is 0 Å². The molecule has 7 heteroatoms. The Bertz CT molecular complexity index is 704. The molecule has 2 aromatic carbocycles. The molecule has 0 amide bonds. The van der Waals surface area contributed by atoms with Gasteiger partial charge in [-0.15, -0.1) is 0 Å². The van der Waals surface area contributed by atoms with Crippen molar-refractivity contribution >= 4 is 28.3 Å². The van der Waals surface area contributed by atoms with Gasteiger partial charge in [-0.2, -0.15) is 0 Å². The van der Waals surface area contributed by atoms with E-state index in [-0.39, 0.29) is 5.69 Å². The summed E-state index contributed by atoms with van der Waals surface area (Å²) in [6, 6.07) is 8.73. The molecule has 2 rings (SSSR count). The molecule has 0 spiro atoms. The average molecular weight is 460 g/mol. The number of halogens is 2. The van der Waals surface area contributed by atoms with Crippen molar-refractivity contribution in [1.29, 1.82) is 0 Å². The van der Waals surface area contributed by atoms with Crippen LogP contribution >= 0.6 is 22.6 Å². The topological polar surface area (TPSA) is 76.7 Å². The lowest BCUT2D eigenvalue weighted by molar-refractivity contribution is 0.174. The first-order valence-corrected chi connectivity index (χ1v) is 8.88. The second kappa shape index (κ2) is 9.21. The molecule has 0 aliphatic rings. The summed E-state index contributed by atoms with van der Waals surface area (Å²) < 4.78 is 24.7. The highest BCUT2D eigenvalue weighted by atomic mass is 127. The zero-order valence-corrected chi connectivity index (χ0v) is 16.3. The van der Waals surface area contributed by atoms with E-state index in [2.05, 4.69) is 5.32 Å². The normalized spacial score (nSPS) is 12.0. The van der Waals surface area contributed by atoms with Gasteiger partial charge < -0.3 is 25.6 Å². The minimum atomic E-state index is -0.797. The molecule has 0 radical (unpaired) electrons. The highest BCUT2D eigenvalue weighted by Crippen LogP contribution is 2.27. The number of hydrogen-bond acceptors (Lipinski definition) is 5. The molecule has 1 unspecified atom stereocenters. The van der Waals surface area contributed by atoms with E-state index in [4.69, 9.17) is 15.2 Å². The standard InChI is InChI=1S/C18H22FIN2O3/c1-24-16-4-3-11(7-17(16)25-2)5-6-22-10-15(23)12-8-13(19)18(21)14(20)9-12/h3-4,7-9,15,22-23H,5-6,10,21H2,1-2H3. The lowest BCUT2D eigenvalue weighted by Crippen LogP contribution is -2.24. The molecule has 1 atom stereocenters. The maximum Gasteiger partial charge on any atom is 0.160 e. The molecule has 136 valence electrons. The molecule has 2 aromatic rings. The van der Waals surface area contributed by atoms with Crippen LogP contribution in [0.1, 0.15) is 17.2 Å². The molecule has 0 bridgehead atoms. The van der Waals surface area contributed by atoms with Crippen molar-refractivity contribution in [1.82, 2.24) is 5.32 Å². The molecule has 5 nitrogen and oxygen atoms in total. The third kappa shape index (κ3) is 5.20. The van der Waals surface area contributed by atoms with Gasteiger partial charge in [0.2, 0.25) is 0 Å². The number of rotatable bonds is 8. The summed E-state index contributed by atoms with van der Waals surface area (Å²) in [6.07, 6.45) is -0.0326. The number of methoxy groups -OCH3 is 2. The highest BCUT2D eigenvalue weighted by Gasteiger charge is 2.12. The second-order valence-corrected chi connectivity index (χ2v) is 6.72. The number of ether oxygens (including phenoxy) is 2. The van der Waals surface area contributed by atoms with Gasteiger partial charge in [-0.05, 0) is 70.9 Å². The number of benzene rings is 2. The fraction of sp³-hybridized carbons (Fsp3) is 0.333. The first-order chi connectivity index (χ1) is 12.0. The first kappa shape index (κ1) is 19.7. The highest BCUT2D eigenvalue weighted by molar-refractivity contribution is 14.1. The third-order valence-electron chi connectivity index (χ3n) is 3.86. The molecular weight excluding hydrogens is 438 g/mol. The van der Waals surface area contributed by atoms with Crippen LogP contribution in [0, 0.1) is 9.39 Å². The Labute approximate surface area is 160 Å². The van der Waals surface area contributed by atoms with Crippen molar-refractivity contribution in [2.75, 3.05) is 33.0 Å². The summed E-state index contributed by atoms with van der Waals surface area (Å²) in [6.45, 7) is 0.994. The Kier molecular flexibility index (Phi) is 7.27. The minimum absolute atomic E-state index is 0.109. The van der Waals surface area contributed by atoms with Crippen molar-refractivity contribution in [3.05, 3.63) is 50.8 Å². The monoisotopic (exact) mass is 460 g/mol. The molecule has 0 aliphatic carbocycles. The third-order valence-corrected chi connectivity index (χ3v) is 4.75. The van der Waals surface area contributed by atoms with Crippen molar-refractivity contribution in [3.8, 4) is 11.5 Å². The maximum absolute atomic E-state index is 13.7. The first-order valence-electron chi connectivity index (χ1n) is 7.80. The molecular formula is C18H22FIN2O3. The molecule has 0 saturated heterocycles. The van der Waals surface area contributed by atoms with Crippen molar-refractivity contribution in [2.45, 2.75) is 12.5 Å². The molecule has 0 saturated carbocycles. The van der Waals surface area contributed by atoms with Gasteiger partial charge in [0.25, 0.3) is 0 Å². The van der Waals surface area contributed by atoms with E-state index in [0.717, 1.165) is 12.0 Å². The average Bonchev–Trinajstić information content (AvgIpc) is 2.62. The Hall–Kier alpha value is -1.58. The van der Waals surface area contributed by atoms with Crippen LogP contribution in [0.15, 0.2) is 30.3 Å². The van der Waals surface area contributed by atoms with Crippen LogP contribution in [0.3, 0.4) is 0 Å². The minimum Gasteiger partial charge on any atom is -0.493 e. The molecule has 0 fully saturated rings. The van der Waals surface area contributed by atoms with Gasteiger partial charge in [-0.3, -0.25) is 0 Å². The maximum atomic E-state index is 13.7. The lowest BCUT2D eigenvalue weighted by atomic mass is 10.1. The number of nitrogen functional groups attached to an aromatic ring is 1. The predicted octanol–water partition coefficient (Wildman–Crippen LogP) is 2.90. The van der Waals surface area contributed by atoms with Crippen molar-refractivity contribution in [3.63, 3.8) is 0 Å². The van der Waals surface area contributed by atoms with Gasteiger partial charge in [0.05, 0.1) is 26.0 Å². The summed E-state index contributed by atoms with van der Waals surface area (Å²) in [5.41, 5.74) is 7.29. The molecule has 4 N–H and O–H groups in total. The lowest BCUT2D eigenvalue weighted by Gasteiger charge is -2.14. The molecule has 25 heavy (non-hydrogen) atoms. The van der Waals surface area contributed by atoms with Crippen LogP contribution in [0.25, 0.3) is 0 Å². The van der Waals surface area contributed by atoms with E-state index in [1.807, 2.05) is 40.8 Å². The van der Waals surface area contributed by atoms with E-state index >= 15 is 0 Å². The van der Waals surface area contributed by atoms with Crippen molar-refractivity contribution in [2.24, 2.45) is 0 Å². The largest absolute Gasteiger partial charge is 0.493 e. The van der Waals surface area contributed by atoms with Crippen LogP contribution in [-0.2, 0) is 6.42 Å². The molecule has 0 heterocycles. The second-order valence-electron chi connectivity index (χ2n) is 5.56. The fourth-order valence-electron chi connectivity index (χ4n) is 2.42. The fourth-order valence-corrected chi connectivity index (χ4v) is 3.04. The molecule has 0 aromatic heterocycles. The van der Waals surface area contributed by atoms with Crippen LogP contribution in [-0.4, -0.2) is 32.4 Å². The van der Waals surface area contributed by atoms with E-state index in [1.165, 1.54) is 6.07 Å². The quantitative estimate of drug-likeness (QED) is 0.321. The number of nitrogens with two attached hydrogens (primary N) is 1. The van der Waals surface area contributed by atoms with E-state index in [9.17, 15) is 9.50 Å². The number of hydrogen-bond donors (Lipinski definition) is 3. The van der Waals surface area contributed by atoms with Crippen molar-refractivity contribution < 1.29 is 19.0 Å². The van der Waals surface area contributed by atoms with Crippen LogP contribution < -0.4 is 20.5 Å². The summed E-state index contributed by atoms with van der Waals surface area (Å²) in [5, 5.41) is 13.4. The van der Waals surface area contributed by atoms with Gasteiger partial charge in [0, 0.05) is 10.1 Å². The number of nitrogens with one attached hydrogen (secondary N) is 1. The van der Waals surface area contributed by atoms with E-state index in [0.29, 0.717) is 33.7 Å². The number of aliphatic hydroxyl groups excluding tert-OH is 1. The van der Waals surface area contributed by atoms with Gasteiger partial charge in [-0.25, -0.2) is 4.39 Å².